The molecule has 0 spiro atoms. The van der Waals surface area contributed by atoms with Gasteiger partial charge in [0, 0.05) is 0 Å². The third kappa shape index (κ3) is 2.68. The molecule has 90 valence electrons. The van der Waals surface area contributed by atoms with E-state index < -0.39 is 0 Å². The van der Waals surface area contributed by atoms with Crippen LogP contribution in [0.1, 0.15) is 29.9 Å². The van der Waals surface area contributed by atoms with Gasteiger partial charge in [-0.15, -0.1) is 5.10 Å². The van der Waals surface area contributed by atoms with Crippen LogP contribution in [0.25, 0.3) is 0 Å². The number of nitrogens with zero attached hydrogens (tertiary/aromatic N) is 4. The zero-order valence-electron chi connectivity index (χ0n) is 10.4. The summed E-state index contributed by atoms with van der Waals surface area (Å²) in [6.45, 7) is 4.83. The lowest BCUT2D eigenvalue weighted by Crippen LogP contribution is -2.19. The highest BCUT2D eigenvalue weighted by atomic mass is 15.5. The van der Waals surface area contributed by atoms with Gasteiger partial charge in [0.25, 0.3) is 0 Å². The summed E-state index contributed by atoms with van der Waals surface area (Å²) in [6.07, 6.45) is 0. The van der Waals surface area contributed by atoms with E-state index in [2.05, 4.69) is 52.0 Å². The number of hydrogen-bond donors (Lipinski definition) is 1. The lowest BCUT2D eigenvalue weighted by atomic mass is 10.1. The number of hydrogen-bond acceptors (Lipinski definition) is 4. The van der Waals surface area contributed by atoms with Crippen LogP contribution in [-0.2, 0) is 6.54 Å². The standard InChI is InChI=1S/C12H17N5/c1-9-5-4-6-11(7-9)8-17-12(10(2)13-3)14-15-16-17/h4-7,10,13H,8H2,1-3H3. The predicted octanol–water partition coefficient (Wildman–Crippen LogP) is 1.31. The van der Waals surface area contributed by atoms with Crippen LogP contribution in [-0.4, -0.2) is 27.3 Å². The highest BCUT2D eigenvalue weighted by molar-refractivity contribution is 5.22. The average molecular weight is 231 g/mol. The first-order chi connectivity index (χ1) is 8.20. The summed E-state index contributed by atoms with van der Waals surface area (Å²) < 4.78 is 1.83. The molecule has 1 unspecified atom stereocenters. The Kier molecular flexibility index (Phi) is 3.49. The molecule has 5 nitrogen and oxygen atoms in total. The van der Waals surface area contributed by atoms with Gasteiger partial charge in [-0.05, 0) is 36.9 Å². The largest absolute Gasteiger partial charge is 0.311 e. The Labute approximate surface area is 101 Å². The fourth-order valence-corrected chi connectivity index (χ4v) is 1.75. The van der Waals surface area contributed by atoms with E-state index >= 15 is 0 Å². The zero-order chi connectivity index (χ0) is 12.3. The molecule has 0 radical (unpaired) electrons. The summed E-state index contributed by atoms with van der Waals surface area (Å²) in [5.74, 6) is 0.856. The van der Waals surface area contributed by atoms with Crippen molar-refractivity contribution >= 4 is 0 Å². The number of aryl methyl sites for hydroxylation is 1. The van der Waals surface area contributed by atoms with Gasteiger partial charge in [0.15, 0.2) is 5.82 Å². The van der Waals surface area contributed by atoms with Gasteiger partial charge in [0.05, 0.1) is 12.6 Å². The van der Waals surface area contributed by atoms with Crippen LogP contribution >= 0.6 is 0 Å². The lowest BCUT2D eigenvalue weighted by molar-refractivity contribution is 0.540. The molecule has 0 bridgehead atoms. The highest BCUT2D eigenvalue weighted by Crippen LogP contribution is 2.10. The molecule has 0 aliphatic heterocycles. The molecule has 1 aromatic heterocycles. The predicted molar refractivity (Wildman–Crippen MR) is 65.6 cm³/mol. The topological polar surface area (TPSA) is 55.6 Å². The second-order valence-corrected chi connectivity index (χ2v) is 4.19. The van der Waals surface area contributed by atoms with Gasteiger partial charge in [-0.3, -0.25) is 0 Å². The van der Waals surface area contributed by atoms with E-state index in [1.807, 2.05) is 18.7 Å². The van der Waals surface area contributed by atoms with Crippen LogP contribution in [0.15, 0.2) is 24.3 Å². The third-order valence-electron chi connectivity index (χ3n) is 2.79. The van der Waals surface area contributed by atoms with Gasteiger partial charge in [-0.2, -0.15) is 0 Å². The minimum atomic E-state index is 0.148. The molecule has 1 N–H and O–H groups in total. The summed E-state index contributed by atoms with van der Waals surface area (Å²) in [4.78, 5) is 0. The quantitative estimate of drug-likeness (QED) is 0.862. The van der Waals surface area contributed by atoms with Crippen molar-refractivity contribution in [2.75, 3.05) is 7.05 Å². The second kappa shape index (κ2) is 5.05. The molecular weight excluding hydrogens is 214 g/mol. The Morgan fingerprint density at radius 3 is 2.94 bits per heavy atom. The smallest absolute Gasteiger partial charge is 0.168 e. The zero-order valence-corrected chi connectivity index (χ0v) is 10.4. The minimum Gasteiger partial charge on any atom is -0.311 e. The lowest BCUT2D eigenvalue weighted by Gasteiger charge is -2.10. The Bertz CT molecular complexity index is 491. The van der Waals surface area contributed by atoms with Gasteiger partial charge in [0.2, 0.25) is 0 Å². The van der Waals surface area contributed by atoms with E-state index in [1.54, 1.807) is 0 Å². The van der Waals surface area contributed by atoms with Crippen molar-refractivity contribution in [2.24, 2.45) is 0 Å². The first-order valence-electron chi connectivity index (χ1n) is 5.69. The number of tetrazole rings is 1. The molecule has 1 heterocycles. The first kappa shape index (κ1) is 11.7. The van der Waals surface area contributed by atoms with Crippen LogP contribution < -0.4 is 5.32 Å². The van der Waals surface area contributed by atoms with Crippen molar-refractivity contribution in [3.8, 4) is 0 Å². The molecule has 0 amide bonds. The molecule has 0 saturated carbocycles. The summed E-state index contributed by atoms with van der Waals surface area (Å²) in [7, 11) is 1.90. The maximum atomic E-state index is 4.04. The van der Waals surface area contributed by atoms with Crippen molar-refractivity contribution in [3.63, 3.8) is 0 Å². The number of benzene rings is 1. The molecular formula is C12H17N5. The van der Waals surface area contributed by atoms with Crippen LogP contribution in [0.5, 0.6) is 0 Å². The Morgan fingerprint density at radius 2 is 2.24 bits per heavy atom. The van der Waals surface area contributed by atoms with Crippen molar-refractivity contribution in [2.45, 2.75) is 26.4 Å². The van der Waals surface area contributed by atoms with E-state index in [0.29, 0.717) is 6.54 Å². The van der Waals surface area contributed by atoms with Gasteiger partial charge in [-0.1, -0.05) is 29.8 Å². The normalized spacial score (nSPS) is 12.6. The van der Waals surface area contributed by atoms with E-state index in [4.69, 9.17) is 0 Å². The fourth-order valence-electron chi connectivity index (χ4n) is 1.75. The summed E-state index contributed by atoms with van der Waals surface area (Å²) >= 11 is 0. The Balaban J connectivity index is 2.22. The van der Waals surface area contributed by atoms with E-state index in [9.17, 15) is 0 Å². The van der Waals surface area contributed by atoms with Crippen molar-refractivity contribution < 1.29 is 0 Å². The van der Waals surface area contributed by atoms with Crippen molar-refractivity contribution in [1.29, 1.82) is 0 Å². The molecule has 5 heteroatoms. The molecule has 0 aliphatic carbocycles. The van der Waals surface area contributed by atoms with Crippen LogP contribution in [0, 0.1) is 6.92 Å². The monoisotopic (exact) mass is 231 g/mol. The molecule has 0 aliphatic rings. The molecule has 2 aromatic rings. The molecule has 17 heavy (non-hydrogen) atoms. The summed E-state index contributed by atoms with van der Waals surface area (Å²) in [6, 6.07) is 8.52. The Hall–Kier alpha value is -1.75. The van der Waals surface area contributed by atoms with Crippen molar-refractivity contribution in [1.82, 2.24) is 25.5 Å². The summed E-state index contributed by atoms with van der Waals surface area (Å²) in [5.41, 5.74) is 2.46. The van der Waals surface area contributed by atoms with E-state index in [-0.39, 0.29) is 6.04 Å². The molecule has 1 atom stereocenters. The summed E-state index contributed by atoms with van der Waals surface area (Å²) in [5, 5.41) is 14.9. The first-order valence-corrected chi connectivity index (χ1v) is 5.69. The maximum absolute atomic E-state index is 4.04. The Morgan fingerprint density at radius 1 is 1.41 bits per heavy atom. The highest BCUT2D eigenvalue weighted by Gasteiger charge is 2.12. The van der Waals surface area contributed by atoms with Crippen molar-refractivity contribution in [3.05, 3.63) is 41.2 Å². The van der Waals surface area contributed by atoms with E-state index in [1.165, 1.54) is 11.1 Å². The SMILES string of the molecule is CNC(C)c1nnnn1Cc1cccc(C)c1. The molecule has 0 saturated heterocycles. The average Bonchev–Trinajstić information content (AvgIpc) is 2.76. The third-order valence-corrected chi connectivity index (χ3v) is 2.79. The molecule has 0 fully saturated rings. The van der Waals surface area contributed by atoms with Gasteiger partial charge >= 0.3 is 0 Å². The maximum Gasteiger partial charge on any atom is 0.168 e. The fraction of sp³-hybridized carbons (Fsp3) is 0.417. The van der Waals surface area contributed by atoms with E-state index in [0.717, 1.165) is 5.82 Å². The number of aromatic nitrogens is 4. The second-order valence-electron chi connectivity index (χ2n) is 4.19. The van der Waals surface area contributed by atoms with Crippen LogP contribution in [0.3, 0.4) is 0 Å². The molecule has 1 aromatic carbocycles. The van der Waals surface area contributed by atoms with Gasteiger partial charge in [-0.25, -0.2) is 4.68 Å². The number of rotatable bonds is 4. The van der Waals surface area contributed by atoms with Gasteiger partial charge < -0.3 is 5.32 Å². The number of nitrogens with one attached hydrogen (secondary N) is 1. The minimum absolute atomic E-state index is 0.148. The van der Waals surface area contributed by atoms with Gasteiger partial charge in [0.1, 0.15) is 0 Å². The van der Waals surface area contributed by atoms with Crippen LogP contribution in [0.2, 0.25) is 0 Å². The molecule has 2 rings (SSSR count). The van der Waals surface area contributed by atoms with Crippen LogP contribution in [0.4, 0.5) is 0 Å².